The number of esters is 1. The largest absolute Gasteiger partial charge is 0.458 e. The molecule has 1 aliphatic rings. The zero-order valence-electron chi connectivity index (χ0n) is 18.3. The van der Waals surface area contributed by atoms with Gasteiger partial charge in [-0.25, -0.2) is 4.79 Å². The van der Waals surface area contributed by atoms with Crippen LogP contribution in [-0.4, -0.2) is 12.1 Å². The van der Waals surface area contributed by atoms with Gasteiger partial charge in [-0.2, -0.15) is 0 Å². The number of ether oxygens (including phenoxy) is 1. The highest BCUT2D eigenvalue weighted by molar-refractivity contribution is 5.89. The number of hydrogen-bond donors (Lipinski definition) is 0. The lowest BCUT2D eigenvalue weighted by molar-refractivity contribution is 0.0271. The second-order valence-corrected chi connectivity index (χ2v) is 8.31. The van der Waals surface area contributed by atoms with Crippen LogP contribution in [0.1, 0.15) is 39.0 Å². The fourth-order valence-electron chi connectivity index (χ4n) is 4.19. The monoisotopic (exact) mass is 428 g/mol. The highest BCUT2D eigenvalue weighted by Crippen LogP contribution is 2.24. The molecule has 0 saturated heterocycles. The molecule has 4 aromatic carbocycles. The van der Waals surface area contributed by atoms with Gasteiger partial charge in [0.2, 0.25) is 0 Å². The Morgan fingerprint density at radius 3 is 1.94 bits per heavy atom. The Hall–Kier alpha value is -4.09. The van der Waals surface area contributed by atoms with Crippen molar-refractivity contribution in [3.63, 3.8) is 0 Å². The third kappa shape index (κ3) is 5.05. The number of carbonyl (C=O) groups is 1. The first-order chi connectivity index (χ1) is 16.2. The predicted octanol–water partition coefficient (Wildman–Crippen LogP) is 6.47. The second kappa shape index (κ2) is 9.59. The topological polar surface area (TPSA) is 26.3 Å². The van der Waals surface area contributed by atoms with E-state index in [1.165, 1.54) is 22.3 Å². The second-order valence-electron chi connectivity index (χ2n) is 8.31. The number of aryl methyl sites for hydroxylation is 1. The van der Waals surface area contributed by atoms with Crippen molar-refractivity contribution in [3.8, 4) is 23.0 Å². The van der Waals surface area contributed by atoms with Crippen LogP contribution >= 0.6 is 0 Å². The molecule has 0 aromatic heterocycles. The molecule has 1 unspecified atom stereocenters. The van der Waals surface area contributed by atoms with E-state index < -0.39 is 0 Å². The first-order valence-electron chi connectivity index (χ1n) is 11.3. The molecule has 0 saturated carbocycles. The summed E-state index contributed by atoms with van der Waals surface area (Å²) >= 11 is 0. The Morgan fingerprint density at radius 1 is 0.667 bits per heavy atom. The van der Waals surface area contributed by atoms with Crippen molar-refractivity contribution < 1.29 is 9.53 Å². The summed E-state index contributed by atoms with van der Waals surface area (Å²) < 4.78 is 5.78. The molecule has 0 aliphatic heterocycles. The molecular weight excluding hydrogens is 404 g/mol. The van der Waals surface area contributed by atoms with Crippen LogP contribution in [0, 0.1) is 11.8 Å². The fourth-order valence-corrected chi connectivity index (χ4v) is 4.19. The van der Waals surface area contributed by atoms with Crippen molar-refractivity contribution in [2.24, 2.45) is 0 Å². The van der Waals surface area contributed by atoms with Crippen LogP contribution in [-0.2, 0) is 17.6 Å². The molecule has 1 atom stereocenters. The molecule has 0 spiro atoms. The van der Waals surface area contributed by atoms with Gasteiger partial charge in [0.25, 0.3) is 0 Å². The van der Waals surface area contributed by atoms with Gasteiger partial charge in [0.15, 0.2) is 0 Å². The van der Waals surface area contributed by atoms with Crippen molar-refractivity contribution in [2.75, 3.05) is 0 Å². The Kier molecular flexibility index (Phi) is 6.04. The fraction of sp³-hybridized carbons (Fsp3) is 0.129. The average Bonchev–Trinajstić information content (AvgIpc) is 2.88. The van der Waals surface area contributed by atoms with Gasteiger partial charge in [0.1, 0.15) is 6.10 Å². The summed E-state index contributed by atoms with van der Waals surface area (Å²) in [4.78, 5) is 12.6. The molecule has 1 aliphatic carbocycles. The van der Waals surface area contributed by atoms with Crippen LogP contribution < -0.4 is 0 Å². The minimum absolute atomic E-state index is 0.0641. The predicted molar refractivity (Wildman–Crippen MR) is 132 cm³/mol. The molecule has 4 aromatic rings. The first kappa shape index (κ1) is 20.8. The minimum Gasteiger partial charge on any atom is -0.458 e. The van der Waals surface area contributed by atoms with E-state index in [0.29, 0.717) is 5.56 Å². The van der Waals surface area contributed by atoms with E-state index in [1.54, 1.807) is 12.1 Å². The quantitative estimate of drug-likeness (QED) is 0.276. The molecule has 2 nitrogen and oxygen atoms in total. The Morgan fingerprint density at radius 2 is 1.24 bits per heavy atom. The van der Waals surface area contributed by atoms with Crippen LogP contribution in [0.25, 0.3) is 11.1 Å². The molecule has 160 valence electrons. The smallest absolute Gasteiger partial charge is 0.338 e. The Balaban J connectivity index is 1.21. The van der Waals surface area contributed by atoms with E-state index in [-0.39, 0.29) is 12.1 Å². The van der Waals surface area contributed by atoms with Gasteiger partial charge in [-0.05, 0) is 71.5 Å². The molecule has 0 amide bonds. The number of rotatable bonds is 3. The van der Waals surface area contributed by atoms with E-state index in [1.807, 2.05) is 48.5 Å². The first-order valence-corrected chi connectivity index (χ1v) is 11.3. The number of fused-ring (bicyclic) bond motifs is 1. The minimum atomic E-state index is -0.268. The maximum Gasteiger partial charge on any atom is 0.338 e. The van der Waals surface area contributed by atoms with E-state index in [4.69, 9.17) is 4.74 Å². The SMILES string of the molecule is O=C(OC1CCc2ccccc2C1)c1ccc(C#Cc2ccc(-c3ccccc3)cc2)cc1. The summed E-state index contributed by atoms with van der Waals surface area (Å²) in [6.07, 6.45) is 2.55. The summed E-state index contributed by atoms with van der Waals surface area (Å²) in [6.45, 7) is 0. The summed E-state index contributed by atoms with van der Waals surface area (Å²) in [5.41, 5.74) is 7.39. The molecule has 0 fully saturated rings. The van der Waals surface area contributed by atoms with Crippen LogP contribution in [0.5, 0.6) is 0 Å². The van der Waals surface area contributed by atoms with E-state index in [2.05, 4.69) is 54.3 Å². The van der Waals surface area contributed by atoms with Crippen molar-refractivity contribution >= 4 is 5.97 Å². The van der Waals surface area contributed by atoms with Gasteiger partial charge in [-0.3, -0.25) is 0 Å². The standard InChI is InChI=1S/C31H24O2/c32-31(33-30-21-20-26-8-4-5-9-29(26)22-30)28-18-14-24(15-19-28)11-10-23-12-16-27(17-13-23)25-6-2-1-3-7-25/h1-9,12-19,30H,20-22H2. The maximum absolute atomic E-state index is 12.6. The van der Waals surface area contributed by atoms with Crippen molar-refractivity contribution in [1.82, 2.24) is 0 Å². The van der Waals surface area contributed by atoms with E-state index >= 15 is 0 Å². The van der Waals surface area contributed by atoms with Crippen LogP contribution in [0.3, 0.4) is 0 Å². The maximum atomic E-state index is 12.6. The molecule has 0 N–H and O–H groups in total. The average molecular weight is 429 g/mol. The van der Waals surface area contributed by atoms with Crippen molar-refractivity contribution in [2.45, 2.75) is 25.4 Å². The third-order valence-corrected chi connectivity index (χ3v) is 6.04. The zero-order chi connectivity index (χ0) is 22.5. The number of hydrogen-bond acceptors (Lipinski definition) is 2. The lowest BCUT2D eigenvalue weighted by Gasteiger charge is -2.24. The molecule has 33 heavy (non-hydrogen) atoms. The number of benzene rings is 4. The number of carbonyl (C=O) groups excluding carboxylic acids is 1. The van der Waals surface area contributed by atoms with Crippen LogP contribution in [0.2, 0.25) is 0 Å². The zero-order valence-corrected chi connectivity index (χ0v) is 18.3. The van der Waals surface area contributed by atoms with E-state index in [9.17, 15) is 4.79 Å². The normalized spacial score (nSPS) is 14.5. The third-order valence-electron chi connectivity index (χ3n) is 6.04. The van der Waals surface area contributed by atoms with Gasteiger partial charge in [-0.15, -0.1) is 0 Å². The van der Waals surface area contributed by atoms with Crippen LogP contribution in [0.15, 0.2) is 103 Å². The molecule has 2 heteroatoms. The van der Waals surface area contributed by atoms with Gasteiger partial charge < -0.3 is 4.74 Å². The van der Waals surface area contributed by atoms with Gasteiger partial charge in [0, 0.05) is 17.5 Å². The summed E-state index contributed by atoms with van der Waals surface area (Å²) in [5.74, 6) is 6.11. The summed E-state index contributed by atoms with van der Waals surface area (Å²) in [5, 5.41) is 0. The Bertz CT molecular complexity index is 1310. The van der Waals surface area contributed by atoms with Crippen LogP contribution in [0.4, 0.5) is 0 Å². The molecule has 0 heterocycles. The lowest BCUT2D eigenvalue weighted by atomic mass is 9.90. The molecule has 0 bridgehead atoms. The lowest BCUT2D eigenvalue weighted by Crippen LogP contribution is -2.25. The van der Waals surface area contributed by atoms with E-state index in [0.717, 1.165) is 30.4 Å². The molecule has 0 radical (unpaired) electrons. The van der Waals surface area contributed by atoms with Gasteiger partial charge in [-0.1, -0.05) is 78.6 Å². The van der Waals surface area contributed by atoms with Crippen molar-refractivity contribution in [3.05, 3.63) is 131 Å². The highest BCUT2D eigenvalue weighted by atomic mass is 16.5. The highest BCUT2D eigenvalue weighted by Gasteiger charge is 2.22. The van der Waals surface area contributed by atoms with Gasteiger partial charge >= 0.3 is 5.97 Å². The molecule has 5 rings (SSSR count). The van der Waals surface area contributed by atoms with Crippen molar-refractivity contribution in [1.29, 1.82) is 0 Å². The summed E-state index contributed by atoms with van der Waals surface area (Å²) in [6, 6.07) is 34.2. The summed E-state index contributed by atoms with van der Waals surface area (Å²) in [7, 11) is 0. The molecular formula is C31H24O2. The van der Waals surface area contributed by atoms with Gasteiger partial charge in [0.05, 0.1) is 5.56 Å². The Labute approximate surface area is 194 Å².